The first kappa shape index (κ1) is 44.2. The van der Waals surface area contributed by atoms with E-state index < -0.39 is 93.1 Å². The molecule has 0 bridgehead atoms. The number of halogens is 8. The normalized spacial score (nSPS) is 17.6. The van der Waals surface area contributed by atoms with Crippen molar-refractivity contribution in [2.75, 3.05) is 11.0 Å². The number of benzene rings is 2. The van der Waals surface area contributed by atoms with Gasteiger partial charge in [-0.05, 0) is 73.2 Å². The fourth-order valence-corrected chi connectivity index (χ4v) is 8.34. The number of nitrogens with one attached hydrogen (secondary N) is 2. The summed E-state index contributed by atoms with van der Waals surface area (Å²) in [5.74, 6) is -4.41. The van der Waals surface area contributed by atoms with Crippen LogP contribution in [0.15, 0.2) is 65.3 Å². The van der Waals surface area contributed by atoms with Gasteiger partial charge in [-0.25, -0.2) is 22.2 Å². The molecular formula is C41H35ClF7N7O5S. The summed E-state index contributed by atoms with van der Waals surface area (Å²) in [6.45, 7) is 2.52. The Balaban J connectivity index is 1.42. The first-order valence-corrected chi connectivity index (χ1v) is 20.9. The second-order valence-corrected chi connectivity index (χ2v) is 17.3. The molecule has 1 aliphatic rings. The van der Waals surface area contributed by atoms with Gasteiger partial charge < -0.3 is 14.8 Å². The van der Waals surface area contributed by atoms with Gasteiger partial charge in [0.1, 0.15) is 35.3 Å². The minimum atomic E-state index is -5.14. The molecular weight excluding hydrogens is 871 g/mol. The third-order valence-corrected chi connectivity index (χ3v) is 11.4. The molecule has 0 aliphatic heterocycles. The van der Waals surface area contributed by atoms with Crippen LogP contribution in [0.4, 0.5) is 36.6 Å². The lowest BCUT2D eigenvalue weighted by Gasteiger charge is -2.23. The molecule has 4 heterocycles. The summed E-state index contributed by atoms with van der Waals surface area (Å²) in [5, 5.41) is 21.7. The number of furan rings is 1. The third-order valence-electron chi connectivity index (χ3n) is 10.5. The van der Waals surface area contributed by atoms with E-state index in [2.05, 4.69) is 32.1 Å². The number of hydrogen-bond donors (Lipinski definition) is 3. The predicted octanol–water partition coefficient (Wildman–Crippen LogP) is 7.95. The minimum Gasteiger partial charge on any atom is -0.465 e. The van der Waals surface area contributed by atoms with E-state index in [0.29, 0.717) is 10.7 Å². The van der Waals surface area contributed by atoms with Gasteiger partial charge in [0.25, 0.3) is 5.92 Å². The molecule has 7 rings (SSSR count). The lowest BCUT2D eigenvalue weighted by atomic mass is 9.93. The Hall–Kier alpha value is -5.91. The van der Waals surface area contributed by atoms with Gasteiger partial charge in [-0.1, -0.05) is 37.4 Å². The molecule has 3 N–H and O–H groups in total. The van der Waals surface area contributed by atoms with Crippen molar-refractivity contribution < 1.29 is 53.5 Å². The summed E-state index contributed by atoms with van der Waals surface area (Å²) in [5.41, 5.74) is -4.65. The molecule has 0 radical (unpaired) electrons. The highest BCUT2D eigenvalue weighted by Gasteiger charge is 2.57. The van der Waals surface area contributed by atoms with Gasteiger partial charge >= 0.3 is 6.18 Å². The van der Waals surface area contributed by atoms with Crippen molar-refractivity contribution in [2.24, 2.45) is 13.0 Å². The van der Waals surface area contributed by atoms with Gasteiger partial charge in [0.05, 0.1) is 40.2 Å². The first-order valence-electron chi connectivity index (χ1n) is 18.6. The van der Waals surface area contributed by atoms with Crippen LogP contribution < -0.4 is 10.0 Å². The van der Waals surface area contributed by atoms with Crippen LogP contribution in [-0.2, 0) is 52.5 Å². The number of sulfonamides is 1. The van der Waals surface area contributed by atoms with Crippen LogP contribution in [0.5, 0.6) is 0 Å². The van der Waals surface area contributed by atoms with Crippen LogP contribution in [0.2, 0.25) is 5.02 Å². The lowest BCUT2D eigenvalue weighted by Crippen LogP contribution is -2.35. The Kier molecular flexibility index (Phi) is 11.2. The second kappa shape index (κ2) is 15.8. The van der Waals surface area contributed by atoms with Crippen LogP contribution in [-0.4, -0.2) is 50.2 Å². The quantitative estimate of drug-likeness (QED) is 0.0924. The zero-order valence-corrected chi connectivity index (χ0v) is 34.7. The summed E-state index contributed by atoms with van der Waals surface area (Å²) in [6, 6.07) is 10.00. The Morgan fingerprint density at radius 1 is 1.06 bits per heavy atom. The van der Waals surface area contributed by atoms with Crippen molar-refractivity contribution in [1.82, 2.24) is 29.9 Å². The Bertz CT molecular complexity index is 2900. The van der Waals surface area contributed by atoms with E-state index in [-0.39, 0.29) is 55.6 Å². The summed E-state index contributed by atoms with van der Waals surface area (Å²) in [7, 11) is -2.39. The fourth-order valence-electron chi connectivity index (χ4n) is 7.60. The first-order chi connectivity index (χ1) is 28.9. The molecule has 1 aliphatic carbocycles. The number of rotatable bonds is 10. The molecule has 1 amide bonds. The average Bonchev–Trinajstić information content (AvgIpc) is 3.94. The van der Waals surface area contributed by atoms with Gasteiger partial charge in [0, 0.05) is 35.7 Å². The molecule has 4 atom stereocenters. The van der Waals surface area contributed by atoms with E-state index in [4.69, 9.17) is 21.0 Å². The summed E-state index contributed by atoms with van der Waals surface area (Å²) >= 11 is 6.60. The molecule has 1 unspecified atom stereocenters. The number of anilines is 1. The van der Waals surface area contributed by atoms with Crippen LogP contribution >= 0.6 is 11.6 Å². The van der Waals surface area contributed by atoms with E-state index in [9.17, 15) is 40.3 Å². The molecule has 2 aromatic carbocycles. The van der Waals surface area contributed by atoms with Crippen LogP contribution in [0.1, 0.15) is 72.4 Å². The number of carbonyl (C=O) groups is 1. The van der Waals surface area contributed by atoms with Gasteiger partial charge in [0.15, 0.2) is 17.1 Å². The lowest BCUT2D eigenvalue weighted by molar-refractivity contribution is -0.143. The molecule has 0 spiro atoms. The number of aryl methyl sites for hydroxylation is 1. The van der Waals surface area contributed by atoms with Crippen molar-refractivity contribution >= 4 is 44.3 Å². The SMILES string of the molecule is C[C@@H]1c2c(C(F)(F)F)nn(CC(=O)N[C@@H](Cc3cc(F)cc(F)c3)c3nc(C#CC(C)(O)c4ccco4)ccc3-c3ccc(Cl)c4c(NS(C)(=O)=O)nn(C)c34)c2C(F)(F)[C@@H]1C. The van der Waals surface area contributed by atoms with Crippen LogP contribution in [0, 0.1) is 29.4 Å². The minimum absolute atomic E-state index is 0.0303. The number of carbonyl (C=O) groups excluding carboxylic acids is 1. The Morgan fingerprint density at radius 2 is 1.74 bits per heavy atom. The highest BCUT2D eigenvalue weighted by Crippen LogP contribution is 2.55. The highest BCUT2D eigenvalue weighted by atomic mass is 35.5. The van der Waals surface area contributed by atoms with Crippen molar-refractivity contribution in [3.63, 3.8) is 0 Å². The number of amides is 1. The number of hydrogen-bond acceptors (Lipinski definition) is 8. The predicted molar refractivity (Wildman–Crippen MR) is 212 cm³/mol. The molecule has 0 saturated carbocycles. The molecule has 62 heavy (non-hydrogen) atoms. The van der Waals surface area contributed by atoms with Crippen molar-refractivity contribution in [1.29, 1.82) is 0 Å². The number of fused-ring (bicyclic) bond motifs is 2. The van der Waals surface area contributed by atoms with E-state index in [0.717, 1.165) is 25.3 Å². The van der Waals surface area contributed by atoms with Gasteiger partial charge in [0.2, 0.25) is 15.9 Å². The van der Waals surface area contributed by atoms with Crippen LogP contribution in [0.25, 0.3) is 22.0 Å². The maximum absolute atomic E-state index is 15.7. The standard InChI is InChI=1S/C41H35ClF7N7O5S/c1-20-21(2)40(45,46)37-32(20)36(41(47,48)49)52-56(37)19-31(57)51-29(17-22-15-23(43)18-24(44)16-22)34-26(9-8-25(50-34)12-13-39(3,58)30-7-6-14-61-30)27-10-11-28(42)33-35(27)55(4)53-38(33)54-62(5,59)60/h6-11,14-16,18,20-21,29,58H,17,19H2,1-5H3,(H,51,57)(H,53,54)/t20-,21+,29-,39?/m0/s1. The Morgan fingerprint density at radius 3 is 2.37 bits per heavy atom. The average molecular weight is 906 g/mol. The van der Waals surface area contributed by atoms with Gasteiger partial charge in [-0.15, -0.1) is 0 Å². The number of aromatic nitrogens is 5. The number of pyridine rings is 1. The monoisotopic (exact) mass is 905 g/mol. The number of aliphatic hydroxyl groups is 1. The van der Waals surface area contributed by atoms with Crippen molar-refractivity contribution in [3.8, 4) is 23.0 Å². The summed E-state index contributed by atoms with van der Waals surface area (Å²) in [4.78, 5) is 18.8. The largest absolute Gasteiger partial charge is 0.465 e. The fraction of sp³-hybridized carbons (Fsp3) is 0.317. The zero-order chi connectivity index (χ0) is 45.3. The van der Waals surface area contributed by atoms with Gasteiger partial charge in [-0.2, -0.15) is 32.1 Å². The molecule has 0 saturated heterocycles. The van der Waals surface area contributed by atoms with Crippen LogP contribution in [0.3, 0.4) is 0 Å². The van der Waals surface area contributed by atoms with Gasteiger partial charge in [-0.3, -0.25) is 18.9 Å². The molecule has 326 valence electrons. The topological polar surface area (TPSA) is 157 Å². The van der Waals surface area contributed by atoms with E-state index in [1.165, 1.54) is 68.2 Å². The van der Waals surface area contributed by atoms with Crippen molar-refractivity contribution in [3.05, 3.63) is 117 Å². The third kappa shape index (κ3) is 8.48. The number of alkyl halides is 5. The number of nitrogens with zero attached hydrogens (tertiary/aromatic N) is 5. The smallest absolute Gasteiger partial charge is 0.435 e. The Labute approximate surface area is 354 Å². The molecule has 0 fully saturated rings. The van der Waals surface area contributed by atoms with E-state index in [1.54, 1.807) is 0 Å². The molecule has 6 aromatic rings. The van der Waals surface area contributed by atoms with Crippen molar-refractivity contribution in [2.45, 2.75) is 63.4 Å². The molecule has 4 aromatic heterocycles. The van der Waals surface area contributed by atoms with E-state index in [1.807, 2.05) is 0 Å². The summed E-state index contributed by atoms with van der Waals surface area (Å²) < 4.78 is 137. The maximum atomic E-state index is 15.7. The zero-order valence-electron chi connectivity index (χ0n) is 33.2. The summed E-state index contributed by atoms with van der Waals surface area (Å²) in [6.07, 6.45) is -3.36. The molecule has 12 nitrogen and oxygen atoms in total. The second-order valence-electron chi connectivity index (χ2n) is 15.2. The maximum Gasteiger partial charge on any atom is 0.435 e. The molecule has 21 heteroatoms. The van der Waals surface area contributed by atoms with E-state index >= 15 is 8.78 Å². The highest BCUT2D eigenvalue weighted by molar-refractivity contribution is 7.92.